The van der Waals surface area contributed by atoms with Crippen LogP contribution in [0, 0.1) is 0 Å². The van der Waals surface area contributed by atoms with Crippen molar-refractivity contribution in [3.8, 4) is 22.6 Å². The highest BCUT2D eigenvalue weighted by atomic mass is 16.6. The van der Waals surface area contributed by atoms with Gasteiger partial charge in [-0.25, -0.2) is 14.4 Å². The Hall–Kier alpha value is -5.05. The van der Waals surface area contributed by atoms with Crippen molar-refractivity contribution < 1.29 is 48.4 Å². The van der Waals surface area contributed by atoms with Gasteiger partial charge in [0.25, 0.3) is 0 Å². The number of benzene rings is 2. The highest BCUT2D eigenvalue weighted by molar-refractivity contribution is 5.93. The van der Waals surface area contributed by atoms with E-state index < -0.39 is 59.3 Å². The standard InChI is InChI=1S/C36H51N5O10/c1-35(2,3)50-33(47)38-14-8-9-25-30(44)40-27(32(46)49-16-15-37-7)20-24-18-22(11-13-29(24)43)21-10-12-28(42)23(17-21)19-26(31(45)39-25)41-34(48)51-36(4,5)6/h10-13,17-18,25-27,37,42-43H,8-9,14-16,19-20H2,1-7H3,(H,38,47)(H,39,45)(H,40,44)(H,41,48)/t25-,26-,27-/m0/s1. The Bertz CT molecular complexity index is 1570. The summed E-state index contributed by atoms with van der Waals surface area (Å²) in [5, 5.41) is 35.0. The predicted octanol–water partition coefficient (Wildman–Crippen LogP) is 2.79. The van der Waals surface area contributed by atoms with Crippen molar-refractivity contribution in [3.05, 3.63) is 47.5 Å². The summed E-state index contributed by atoms with van der Waals surface area (Å²) in [4.78, 5) is 66.3. The summed E-state index contributed by atoms with van der Waals surface area (Å²) in [6.07, 6.45) is -1.71. The third-order valence-corrected chi connectivity index (χ3v) is 7.52. The lowest BCUT2D eigenvalue weighted by molar-refractivity contribution is -0.148. The molecule has 0 saturated carbocycles. The Morgan fingerprint density at radius 3 is 1.94 bits per heavy atom. The van der Waals surface area contributed by atoms with Crippen LogP contribution in [-0.2, 0) is 41.4 Å². The summed E-state index contributed by atoms with van der Waals surface area (Å²) in [6, 6.07) is 5.65. The SMILES string of the molecule is CNCCOC(=O)[C@@H]1Cc2cc(ccc2O)-c2ccc(O)c(c2)C[C@H](NC(=O)OC(C)(C)C)C(=O)N[C@@H](CCCNC(=O)OC(C)(C)C)C(=O)N1. The Balaban J connectivity index is 2.05. The van der Waals surface area contributed by atoms with Crippen molar-refractivity contribution in [1.29, 1.82) is 0 Å². The van der Waals surface area contributed by atoms with Crippen LogP contribution in [0.25, 0.3) is 11.1 Å². The molecule has 280 valence electrons. The molecular weight excluding hydrogens is 662 g/mol. The first-order valence-electron chi connectivity index (χ1n) is 16.9. The molecule has 15 heteroatoms. The van der Waals surface area contributed by atoms with Gasteiger partial charge in [-0.1, -0.05) is 12.1 Å². The molecule has 1 aliphatic rings. The lowest BCUT2D eigenvalue weighted by Gasteiger charge is -2.26. The molecule has 0 spiro atoms. The van der Waals surface area contributed by atoms with Crippen molar-refractivity contribution in [3.63, 3.8) is 0 Å². The van der Waals surface area contributed by atoms with E-state index in [0.717, 1.165) is 0 Å². The summed E-state index contributed by atoms with van der Waals surface area (Å²) in [7, 11) is 1.69. The van der Waals surface area contributed by atoms with E-state index in [0.29, 0.717) is 28.8 Å². The van der Waals surface area contributed by atoms with Gasteiger partial charge in [-0.05, 0) is 108 Å². The zero-order chi connectivity index (χ0) is 37.9. The van der Waals surface area contributed by atoms with Gasteiger partial charge < -0.3 is 51.0 Å². The van der Waals surface area contributed by atoms with Crippen molar-refractivity contribution >= 4 is 30.0 Å². The number of fused-ring (bicyclic) bond motifs is 5. The maximum atomic E-state index is 13.9. The number of hydrogen-bond acceptors (Lipinski definition) is 11. The summed E-state index contributed by atoms with van der Waals surface area (Å²) in [5.74, 6) is -2.55. The maximum absolute atomic E-state index is 13.9. The molecule has 2 aromatic rings. The molecule has 4 bridgehead atoms. The van der Waals surface area contributed by atoms with Crippen LogP contribution in [-0.4, -0.2) is 96.3 Å². The topological polar surface area (TPSA) is 214 Å². The van der Waals surface area contributed by atoms with Crippen molar-refractivity contribution in [2.75, 3.05) is 26.7 Å². The van der Waals surface area contributed by atoms with Gasteiger partial charge >= 0.3 is 18.2 Å². The molecule has 0 aromatic heterocycles. The third kappa shape index (κ3) is 13.3. The number of likely N-dealkylation sites (N-methyl/N-ethyl adjacent to an activating group) is 1. The molecular formula is C36H51N5O10. The second kappa shape index (κ2) is 17.7. The summed E-state index contributed by atoms with van der Waals surface area (Å²) >= 11 is 0. The van der Waals surface area contributed by atoms with E-state index in [-0.39, 0.29) is 50.3 Å². The van der Waals surface area contributed by atoms with E-state index in [1.807, 2.05) is 0 Å². The van der Waals surface area contributed by atoms with Gasteiger partial charge in [0, 0.05) is 25.9 Å². The number of aromatic hydroxyl groups is 2. The average molecular weight is 714 g/mol. The third-order valence-electron chi connectivity index (χ3n) is 7.52. The zero-order valence-electron chi connectivity index (χ0n) is 30.3. The molecule has 1 heterocycles. The molecule has 4 amide bonds. The molecule has 3 rings (SSSR count). The first-order chi connectivity index (χ1) is 23.8. The molecule has 1 aliphatic heterocycles. The minimum Gasteiger partial charge on any atom is -0.508 e. The molecule has 0 fully saturated rings. The van der Waals surface area contributed by atoms with Gasteiger partial charge in [-0.2, -0.15) is 0 Å². The Labute approximate surface area is 298 Å². The summed E-state index contributed by atoms with van der Waals surface area (Å²) < 4.78 is 16.1. The van der Waals surface area contributed by atoms with Gasteiger partial charge in [-0.3, -0.25) is 9.59 Å². The van der Waals surface area contributed by atoms with Crippen LogP contribution in [0.2, 0.25) is 0 Å². The Morgan fingerprint density at radius 2 is 1.37 bits per heavy atom. The number of rotatable bonds is 9. The van der Waals surface area contributed by atoms with Gasteiger partial charge in [0.1, 0.15) is 47.4 Å². The van der Waals surface area contributed by atoms with Gasteiger partial charge in [0.2, 0.25) is 11.8 Å². The van der Waals surface area contributed by atoms with E-state index in [2.05, 4.69) is 26.6 Å². The van der Waals surface area contributed by atoms with Crippen molar-refractivity contribution in [1.82, 2.24) is 26.6 Å². The minimum atomic E-state index is -1.32. The van der Waals surface area contributed by atoms with E-state index in [9.17, 15) is 34.2 Å². The fourth-order valence-corrected chi connectivity index (χ4v) is 5.13. The molecule has 0 saturated heterocycles. The highest BCUT2D eigenvalue weighted by Crippen LogP contribution is 2.31. The maximum Gasteiger partial charge on any atom is 0.408 e. The monoisotopic (exact) mass is 713 g/mol. The number of carbonyl (C=O) groups excluding carboxylic acids is 5. The number of phenols is 2. The molecule has 0 aliphatic carbocycles. The van der Waals surface area contributed by atoms with Crippen LogP contribution in [0.15, 0.2) is 36.4 Å². The largest absolute Gasteiger partial charge is 0.508 e. The van der Waals surface area contributed by atoms with Crippen LogP contribution in [0.3, 0.4) is 0 Å². The van der Waals surface area contributed by atoms with E-state index in [1.54, 1.807) is 72.9 Å². The van der Waals surface area contributed by atoms with E-state index >= 15 is 0 Å². The number of ether oxygens (including phenoxy) is 3. The smallest absolute Gasteiger partial charge is 0.408 e. The number of alkyl carbamates (subject to hydrolysis) is 2. The second-order valence-electron chi connectivity index (χ2n) is 14.3. The molecule has 7 N–H and O–H groups in total. The Morgan fingerprint density at radius 1 is 0.804 bits per heavy atom. The molecule has 15 nitrogen and oxygen atoms in total. The first kappa shape index (κ1) is 40.4. The van der Waals surface area contributed by atoms with Crippen LogP contribution in [0.4, 0.5) is 9.59 Å². The summed E-state index contributed by atoms with van der Waals surface area (Å²) in [5.41, 5.74) is 0.254. The predicted molar refractivity (Wildman–Crippen MR) is 188 cm³/mol. The number of phenolic OH excluding ortho intramolecular Hbond substituents is 2. The van der Waals surface area contributed by atoms with Crippen LogP contribution in [0.1, 0.15) is 65.5 Å². The summed E-state index contributed by atoms with van der Waals surface area (Å²) in [6.45, 7) is 10.6. The molecule has 2 aromatic carbocycles. The van der Waals surface area contributed by atoms with Crippen LogP contribution in [0.5, 0.6) is 11.5 Å². The fourth-order valence-electron chi connectivity index (χ4n) is 5.13. The molecule has 51 heavy (non-hydrogen) atoms. The lowest BCUT2D eigenvalue weighted by Crippen LogP contribution is -2.57. The second-order valence-corrected chi connectivity index (χ2v) is 14.3. The minimum absolute atomic E-state index is 0.00444. The number of amides is 4. The number of esters is 1. The Kier molecular flexibility index (Phi) is 14.0. The number of nitrogens with one attached hydrogen (secondary N) is 5. The van der Waals surface area contributed by atoms with Gasteiger partial charge in [-0.15, -0.1) is 0 Å². The van der Waals surface area contributed by atoms with E-state index in [4.69, 9.17) is 14.2 Å². The lowest BCUT2D eigenvalue weighted by atomic mass is 9.95. The zero-order valence-corrected chi connectivity index (χ0v) is 30.3. The molecule has 0 unspecified atom stereocenters. The number of hydrogen-bond donors (Lipinski definition) is 7. The normalized spacial score (nSPS) is 18.2. The molecule has 3 atom stereocenters. The molecule has 0 radical (unpaired) electrons. The van der Waals surface area contributed by atoms with Crippen molar-refractivity contribution in [2.45, 2.75) is 96.6 Å². The van der Waals surface area contributed by atoms with Gasteiger partial charge in [0.05, 0.1) is 0 Å². The van der Waals surface area contributed by atoms with Crippen LogP contribution >= 0.6 is 0 Å². The van der Waals surface area contributed by atoms with Crippen molar-refractivity contribution in [2.24, 2.45) is 0 Å². The van der Waals surface area contributed by atoms with E-state index in [1.165, 1.54) is 12.1 Å². The van der Waals surface area contributed by atoms with Gasteiger partial charge in [0.15, 0.2) is 0 Å². The number of carbonyl (C=O) groups is 5. The quantitative estimate of drug-likeness (QED) is 0.114. The van der Waals surface area contributed by atoms with Crippen LogP contribution < -0.4 is 26.6 Å². The first-order valence-corrected chi connectivity index (χ1v) is 16.9. The average Bonchev–Trinajstić information content (AvgIpc) is 3.01. The highest BCUT2D eigenvalue weighted by Gasteiger charge is 2.32. The fraction of sp³-hybridized carbons (Fsp3) is 0.528.